The topological polar surface area (TPSA) is 97.1 Å². The Labute approximate surface area is 132 Å². The van der Waals surface area contributed by atoms with Crippen LogP contribution in [0.25, 0.3) is 0 Å². The van der Waals surface area contributed by atoms with Crippen LogP contribution < -0.4 is 16.0 Å². The minimum Gasteiger partial charge on any atom is -0.307 e. The smallest absolute Gasteiger partial charge is 0.265 e. The summed E-state index contributed by atoms with van der Waals surface area (Å²) < 4.78 is 27.1. The number of sulfonamides is 1. The lowest BCUT2D eigenvalue weighted by molar-refractivity contribution is 0.601. The van der Waals surface area contributed by atoms with Crippen LogP contribution in [0.4, 0.5) is 11.5 Å². The summed E-state index contributed by atoms with van der Waals surface area (Å²) in [6.45, 7) is 1.77. The number of nitrogens with zero attached hydrogens (tertiary/aromatic N) is 1. The largest absolute Gasteiger partial charge is 0.307 e. The molecule has 0 aliphatic heterocycles. The summed E-state index contributed by atoms with van der Waals surface area (Å²) in [7, 11) is -3.91. The molecule has 0 aliphatic carbocycles. The van der Waals surface area contributed by atoms with E-state index >= 15 is 0 Å². The molecule has 0 amide bonds. The number of nitrogen functional groups attached to an aromatic ring is 1. The number of nitrogens with one attached hydrogen (secondary N) is 2. The third-order valence-electron chi connectivity index (χ3n) is 2.69. The Morgan fingerprint density at radius 3 is 2.62 bits per heavy atom. The monoisotopic (exact) mass is 346 g/mol. The fraction of sp³-hybridized carbons (Fsp3) is 0.0833. The fourth-order valence-electron chi connectivity index (χ4n) is 1.64. The van der Waals surface area contributed by atoms with Crippen LogP contribution in [-0.2, 0) is 10.0 Å². The molecule has 2 aromatic rings. The Hall–Kier alpha value is -1.54. The highest BCUT2D eigenvalue weighted by Crippen LogP contribution is 2.31. The van der Waals surface area contributed by atoms with Crippen molar-refractivity contribution in [3.05, 3.63) is 46.1 Å². The van der Waals surface area contributed by atoms with E-state index in [1.807, 2.05) is 0 Å². The van der Waals surface area contributed by atoms with Crippen molar-refractivity contribution < 1.29 is 8.42 Å². The molecule has 0 spiro atoms. The zero-order valence-corrected chi connectivity index (χ0v) is 13.2. The standard InChI is InChI=1S/C12H12Cl2N4O2S/c1-7-5-9(14)10(6-8(7)13)18-21(19,20)11-3-2-4-16-12(11)17-15/h2-6,18H,15H2,1H3,(H,16,17). The number of aromatic nitrogens is 1. The van der Waals surface area contributed by atoms with E-state index in [2.05, 4.69) is 15.1 Å². The zero-order chi connectivity index (χ0) is 15.6. The maximum absolute atomic E-state index is 12.4. The van der Waals surface area contributed by atoms with Gasteiger partial charge in [-0.05, 0) is 36.8 Å². The van der Waals surface area contributed by atoms with Crippen molar-refractivity contribution in [3.63, 3.8) is 0 Å². The van der Waals surface area contributed by atoms with Crippen LogP contribution in [0.15, 0.2) is 35.4 Å². The van der Waals surface area contributed by atoms with Crippen molar-refractivity contribution in [2.24, 2.45) is 5.84 Å². The Balaban J connectivity index is 2.45. The first-order valence-corrected chi connectivity index (χ1v) is 7.99. The molecule has 6 nitrogen and oxygen atoms in total. The van der Waals surface area contributed by atoms with E-state index in [-0.39, 0.29) is 21.4 Å². The molecular weight excluding hydrogens is 335 g/mol. The van der Waals surface area contributed by atoms with Gasteiger partial charge in [0.15, 0.2) is 5.82 Å². The highest BCUT2D eigenvalue weighted by molar-refractivity contribution is 7.92. The molecular formula is C12H12Cl2N4O2S. The summed E-state index contributed by atoms with van der Waals surface area (Å²) in [6, 6.07) is 5.88. The molecule has 0 saturated carbocycles. The van der Waals surface area contributed by atoms with E-state index in [4.69, 9.17) is 29.0 Å². The van der Waals surface area contributed by atoms with Crippen molar-refractivity contribution in [2.75, 3.05) is 10.1 Å². The minimum atomic E-state index is -3.91. The van der Waals surface area contributed by atoms with E-state index in [0.717, 1.165) is 5.56 Å². The number of aryl methyl sites for hydroxylation is 1. The SMILES string of the molecule is Cc1cc(Cl)c(NS(=O)(=O)c2cccnc2NN)cc1Cl. The molecule has 2 rings (SSSR count). The molecule has 0 aliphatic rings. The van der Waals surface area contributed by atoms with Crippen LogP contribution in [0.1, 0.15) is 5.56 Å². The second-order valence-electron chi connectivity index (χ2n) is 4.18. The predicted molar refractivity (Wildman–Crippen MR) is 84.1 cm³/mol. The van der Waals surface area contributed by atoms with Crippen LogP contribution in [0.5, 0.6) is 0 Å². The van der Waals surface area contributed by atoms with Gasteiger partial charge in [0.1, 0.15) is 4.90 Å². The first kappa shape index (κ1) is 15.8. The quantitative estimate of drug-likeness (QED) is 0.584. The van der Waals surface area contributed by atoms with Gasteiger partial charge >= 0.3 is 0 Å². The zero-order valence-electron chi connectivity index (χ0n) is 10.9. The third-order valence-corrected chi connectivity index (χ3v) is 4.81. The number of hydrogen-bond acceptors (Lipinski definition) is 5. The normalized spacial score (nSPS) is 11.2. The molecule has 0 fully saturated rings. The highest BCUT2D eigenvalue weighted by Gasteiger charge is 2.20. The van der Waals surface area contributed by atoms with E-state index in [1.165, 1.54) is 24.4 Å². The molecule has 1 heterocycles. The Kier molecular flexibility index (Phi) is 4.58. The van der Waals surface area contributed by atoms with Gasteiger partial charge in [0.25, 0.3) is 10.0 Å². The van der Waals surface area contributed by atoms with Crippen molar-refractivity contribution in [2.45, 2.75) is 11.8 Å². The van der Waals surface area contributed by atoms with Gasteiger partial charge in [0, 0.05) is 11.2 Å². The Morgan fingerprint density at radius 2 is 1.95 bits per heavy atom. The first-order valence-electron chi connectivity index (χ1n) is 5.75. The van der Waals surface area contributed by atoms with Gasteiger partial charge < -0.3 is 5.43 Å². The summed E-state index contributed by atoms with van der Waals surface area (Å²) in [5.74, 6) is 5.29. The molecule has 0 atom stereocenters. The lowest BCUT2D eigenvalue weighted by atomic mass is 10.2. The summed E-state index contributed by atoms with van der Waals surface area (Å²) in [5.41, 5.74) is 3.16. The van der Waals surface area contributed by atoms with Crippen LogP contribution >= 0.6 is 23.2 Å². The van der Waals surface area contributed by atoms with Crippen molar-refractivity contribution in [1.82, 2.24) is 4.98 Å². The number of benzene rings is 1. The molecule has 1 aromatic carbocycles. The second kappa shape index (κ2) is 6.07. The molecule has 9 heteroatoms. The van der Waals surface area contributed by atoms with Crippen molar-refractivity contribution in [3.8, 4) is 0 Å². The Morgan fingerprint density at radius 1 is 1.24 bits per heavy atom. The van der Waals surface area contributed by atoms with Gasteiger partial charge in [-0.1, -0.05) is 23.2 Å². The van der Waals surface area contributed by atoms with Crippen molar-refractivity contribution >= 4 is 44.7 Å². The number of halogens is 2. The Bertz CT molecular complexity index is 781. The average molecular weight is 347 g/mol. The van der Waals surface area contributed by atoms with Crippen LogP contribution in [0, 0.1) is 6.92 Å². The molecule has 0 saturated heterocycles. The number of nitrogens with two attached hydrogens (primary N) is 1. The van der Waals surface area contributed by atoms with E-state index in [0.29, 0.717) is 5.02 Å². The van der Waals surface area contributed by atoms with E-state index < -0.39 is 10.0 Å². The molecule has 0 unspecified atom stereocenters. The lowest BCUT2D eigenvalue weighted by Crippen LogP contribution is -2.18. The van der Waals surface area contributed by atoms with Gasteiger partial charge in [-0.3, -0.25) is 4.72 Å². The summed E-state index contributed by atoms with van der Waals surface area (Å²) >= 11 is 12.0. The first-order chi connectivity index (χ1) is 9.85. The average Bonchev–Trinajstić information content (AvgIpc) is 2.44. The molecule has 0 bridgehead atoms. The highest BCUT2D eigenvalue weighted by atomic mass is 35.5. The van der Waals surface area contributed by atoms with E-state index in [1.54, 1.807) is 13.0 Å². The van der Waals surface area contributed by atoms with Gasteiger partial charge in [-0.25, -0.2) is 19.2 Å². The van der Waals surface area contributed by atoms with Gasteiger partial charge in [0.2, 0.25) is 0 Å². The maximum atomic E-state index is 12.4. The number of rotatable bonds is 4. The third kappa shape index (κ3) is 3.38. The molecule has 4 N–H and O–H groups in total. The van der Waals surface area contributed by atoms with Crippen molar-refractivity contribution in [1.29, 1.82) is 0 Å². The van der Waals surface area contributed by atoms with Gasteiger partial charge in [0.05, 0.1) is 10.7 Å². The predicted octanol–water partition coefficient (Wildman–Crippen LogP) is 2.78. The van der Waals surface area contributed by atoms with Gasteiger partial charge in [-0.2, -0.15) is 0 Å². The number of pyridine rings is 1. The van der Waals surface area contributed by atoms with Crippen LogP contribution in [0.2, 0.25) is 10.0 Å². The lowest BCUT2D eigenvalue weighted by Gasteiger charge is -2.13. The number of anilines is 2. The fourth-order valence-corrected chi connectivity index (χ4v) is 3.32. The molecule has 21 heavy (non-hydrogen) atoms. The number of hydrogen-bond donors (Lipinski definition) is 3. The summed E-state index contributed by atoms with van der Waals surface area (Å²) in [4.78, 5) is 3.75. The van der Waals surface area contributed by atoms with Gasteiger partial charge in [-0.15, -0.1) is 0 Å². The van der Waals surface area contributed by atoms with Crippen LogP contribution in [-0.4, -0.2) is 13.4 Å². The summed E-state index contributed by atoms with van der Waals surface area (Å²) in [6.07, 6.45) is 1.42. The van der Waals surface area contributed by atoms with E-state index in [9.17, 15) is 8.42 Å². The second-order valence-corrected chi connectivity index (χ2v) is 6.65. The van der Waals surface area contributed by atoms with Crippen LogP contribution in [0.3, 0.4) is 0 Å². The summed E-state index contributed by atoms with van der Waals surface area (Å²) in [5, 5.41) is 0.645. The maximum Gasteiger partial charge on any atom is 0.265 e. The molecule has 1 aromatic heterocycles. The molecule has 0 radical (unpaired) electrons. The molecule has 112 valence electrons. The number of hydrazine groups is 1. The minimum absolute atomic E-state index is 0.0272.